The van der Waals surface area contributed by atoms with Gasteiger partial charge in [-0.25, -0.2) is 4.98 Å². The minimum atomic E-state index is 0.219. The number of imidazole rings is 1. The zero-order valence-corrected chi connectivity index (χ0v) is 15.8. The third-order valence-corrected chi connectivity index (χ3v) is 5.54. The van der Waals surface area contributed by atoms with Gasteiger partial charge in [-0.1, -0.05) is 29.8 Å². The number of rotatable bonds is 5. The number of halogens is 1. The van der Waals surface area contributed by atoms with E-state index in [0.717, 1.165) is 54.4 Å². The molecule has 1 aliphatic heterocycles. The Labute approximate surface area is 159 Å². The van der Waals surface area contributed by atoms with Gasteiger partial charge in [-0.2, -0.15) is 0 Å². The van der Waals surface area contributed by atoms with E-state index >= 15 is 0 Å². The number of benzene rings is 2. The van der Waals surface area contributed by atoms with Gasteiger partial charge in [0.2, 0.25) is 0 Å². The maximum Gasteiger partial charge on any atom is 0.124 e. The molecular weight excluding hydrogens is 346 g/mol. The predicted molar refractivity (Wildman–Crippen MR) is 106 cm³/mol. The summed E-state index contributed by atoms with van der Waals surface area (Å²) in [6.45, 7) is 4.88. The second-order valence-corrected chi connectivity index (χ2v) is 7.62. The number of aliphatic hydroxyl groups excluding tert-OH is 1. The number of fused-ring (bicyclic) bond motifs is 1. The molecular formula is C21H24ClN3O. The van der Waals surface area contributed by atoms with Gasteiger partial charge in [-0.05, 0) is 61.7 Å². The second kappa shape index (κ2) is 7.39. The average molecular weight is 370 g/mol. The van der Waals surface area contributed by atoms with Crippen molar-refractivity contribution in [2.24, 2.45) is 0 Å². The molecule has 4 nitrogen and oxygen atoms in total. The van der Waals surface area contributed by atoms with Crippen LogP contribution in [0.25, 0.3) is 11.0 Å². The zero-order chi connectivity index (χ0) is 18.1. The van der Waals surface area contributed by atoms with Crippen LogP contribution in [-0.4, -0.2) is 38.8 Å². The largest absolute Gasteiger partial charge is 0.395 e. The van der Waals surface area contributed by atoms with Gasteiger partial charge < -0.3 is 9.67 Å². The van der Waals surface area contributed by atoms with E-state index in [1.54, 1.807) is 0 Å². The van der Waals surface area contributed by atoms with E-state index in [0.29, 0.717) is 0 Å². The highest BCUT2D eigenvalue weighted by Gasteiger charge is 2.25. The highest BCUT2D eigenvalue weighted by Crippen LogP contribution is 2.24. The Balaban J connectivity index is 1.71. The molecule has 0 spiro atoms. The summed E-state index contributed by atoms with van der Waals surface area (Å²) in [7, 11) is 0. The molecule has 0 unspecified atom stereocenters. The summed E-state index contributed by atoms with van der Waals surface area (Å²) in [6, 6.07) is 14.7. The first-order valence-corrected chi connectivity index (χ1v) is 9.57. The monoisotopic (exact) mass is 369 g/mol. The molecule has 0 saturated carbocycles. The van der Waals surface area contributed by atoms with Crippen molar-refractivity contribution in [3.63, 3.8) is 0 Å². The molecule has 2 aromatic carbocycles. The van der Waals surface area contributed by atoms with Crippen molar-refractivity contribution >= 4 is 22.6 Å². The van der Waals surface area contributed by atoms with Gasteiger partial charge >= 0.3 is 0 Å². The van der Waals surface area contributed by atoms with Crippen molar-refractivity contribution in [3.8, 4) is 0 Å². The fourth-order valence-corrected chi connectivity index (χ4v) is 3.98. The number of aromatic nitrogens is 2. The normalized spacial score (nSPS) is 18.0. The van der Waals surface area contributed by atoms with E-state index in [-0.39, 0.29) is 12.6 Å². The summed E-state index contributed by atoms with van der Waals surface area (Å²) in [6.07, 6.45) is 2.20. The van der Waals surface area contributed by atoms with Gasteiger partial charge in [0.25, 0.3) is 0 Å². The van der Waals surface area contributed by atoms with Gasteiger partial charge in [0.1, 0.15) is 5.82 Å². The molecule has 1 saturated heterocycles. The molecule has 4 rings (SSSR count). The van der Waals surface area contributed by atoms with E-state index in [4.69, 9.17) is 16.6 Å². The van der Waals surface area contributed by atoms with E-state index in [2.05, 4.69) is 46.7 Å². The van der Waals surface area contributed by atoms with Crippen LogP contribution in [0.5, 0.6) is 0 Å². The maximum absolute atomic E-state index is 9.64. The van der Waals surface area contributed by atoms with Gasteiger partial charge in [-0.3, -0.25) is 4.90 Å². The predicted octanol–water partition coefficient (Wildman–Crippen LogP) is 4.00. The highest BCUT2D eigenvalue weighted by atomic mass is 35.5. The third-order valence-electron chi connectivity index (χ3n) is 5.29. The Morgan fingerprint density at radius 2 is 1.96 bits per heavy atom. The topological polar surface area (TPSA) is 41.3 Å². The molecule has 1 aromatic heterocycles. The van der Waals surface area contributed by atoms with Crippen molar-refractivity contribution in [3.05, 3.63) is 64.4 Å². The van der Waals surface area contributed by atoms with Crippen LogP contribution in [0.3, 0.4) is 0 Å². The Bertz CT molecular complexity index is 904. The van der Waals surface area contributed by atoms with E-state index in [1.165, 1.54) is 11.1 Å². The van der Waals surface area contributed by atoms with Crippen LogP contribution < -0.4 is 0 Å². The lowest BCUT2D eigenvalue weighted by Crippen LogP contribution is -2.32. The number of nitrogens with zero attached hydrogens (tertiary/aromatic N) is 3. The second-order valence-electron chi connectivity index (χ2n) is 7.18. The van der Waals surface area contributed by atoms with E-state index in [1.807, 2.05) is 12.1 Å². The molecule has 2 heterocycles. The Morgan fingerprint density at radius 1 is 1.15 bits per heavy atom. The number of hydrogen-bond donors (Lipinski definition) is 1. The zero-order valence-electron chi connectivity index (χ0n) is 15.0. The van der Waals surface area contributed by atoms with Crippen molar-refractivity contribution in [2.45, 2.75) is 38.9 Å². The summed E-state index contributed by atoms with van der Waals surface area (Å²) < 4.78 is 2.30. The Hall–Kier alpha value is -1.88. The SMILES string of the molecule is Cc1ccc2c(c1)nc(CN1CCC[C@@H]1CO)n2Cc1ccc(Cl)cc1. The maximum atomic E-state index is 9.64. The Morgan fingerprint density at radius 3 is 2.73 bits per heavy atom. The van der Waals surface area contributed by atoms with E-state index in [9.17, 15) is 5.11 Å². The van der Waals surface area contributed by atoms with Gasteiger partial charge in [0.05, 0.1) is 24.2 Å². The molecule has 0 aliphatic carbocycles. The number of hydrogen-bond acceptors (Lipinski definition) is 3. The number of aryl methyl sites for hydroxylation is 1. The molecule has 3 aromatic rings. The molecule has 1 aliphatic rings. The fourth-order valence-electron chi connectivity index (χ4n) is 3.85. The first-order valence-electron chi connectivity index (χ1n) is 9.19. The van der Waals surface area contributed by atoms with Crippen molar-refractivity contribution < 1.29 is 5.11 Å². The molecule has 136 valence electrons. The number of aliphatic hydroxyl groups is 1. The van der Waals surface area contributed by atoms with Gasteiger partial charge in [-0.15, -0.1) is 0 Å². The summed E-state index contributed by atoms with van der Waals surface area (Å²) in [4.78, 5) is 7.29. The molecule has 0 amide bonds. The van der Waals surface area contributed by atoms with Crippen LogP contribution in [0.2, 0.25) is 5.02 Å². The minimum Gasteiger partial charge on any atom is -0.395 e. The van der Waals surface area contributed by atoms with Crippen molar-refractivity contribution in [2.75, 3.05) is 13.2 Å². The standard InChI is InChI=1S/C21H24ClN3O/c1-15-4-9-20-19(11-15)23-21(13-24-10-2-3-18(24)14-26)25(20)12-16-5-7-17(22)8-6-16/h4-9,11,18,26H,2-3,10,12-14H2,1H3/t18-/m1/s1. The van der Waals surface area contributed by atoms with Crippen LogP contribution in [-0.2, 0) is 13.1 Å². The van der Waals surface area contributed by atoms with Crippen LogP contribution in [0.15, 0.2) is 42.5 Å². The van der Waals surface area contributed by atoms with Crippen LogP contribution in [0, 0.1) is 6.92 Å². The summed E-state index contributed by atoms with van der Waals surface area (Å²) in [5.41, 5.74) is 4.61. The van der Waals surface area contributed by atoms with Gasteiger partial charge in [0.15, 0.2) is 0 Å². The smallest absolute Gasteiger partial charge is 0.124 e. The average Bonchev–Trinajstić information content (AvgIpc) is 3.21. The van der Waals surface area contributed by atoms with Crippen LogP contribution in [0.4, 0.5) is 0 Å². The van der Waals surface area contributed by atoms with Crippen LogP contribution >= 0.6 is 11.6 Å². The Kier molecular flexibility index (Phi) is 4.98. The lowest BCUT2D eigenvalue weighted by molar-refractivity contribution is 0.150. The lowest BCUT2D eigenvalue weighted by Gasteiger charge is -2.22. The molecule has 1 N–H and O–H groups in total. The number of likely N-dealkylation sites (tertiary alicyclic amines) is 1. The molecule has 0 radical (unpaired) electrons. The summed E-state index contributed by atoms with van der Waals surface area (Å²) in [5.74, 6) is 1.06. The first kappa shape index (κ1) is 17.5. The van der Waals surface area contributed by atoms with Crippen LogP contribution in [0.1, 0.15) is 29.8 Å². The summed E-state index contributed by atoms with van der Waals surface area (Å²) >= 11 is 6.03. The highest BCUT2D eigenvalue weighted by molar-refractivity contribution is 6.30. The molecule has 0 bridgehead atoms. The quantitative estimate of drug-likeness (QED) is 0.739. The fraction of sp³-hybridized carbons (Fsp3) is 0.381. The molecule has 26 heavy (non-hydrogen) atoms. The molecule has 5 heteroatoms. The lowest BCUT2D eigenvalue weighted by atomic mass is 10.2. The summed E-state index contributed by atoms with van der Waals surface area (Å²) in [5, 5.41) is 10.4. The molecule has 1 atom stereocenters. The minimum absolute atomic E-state index is 0.219. The first-order chi connectivity index (χ1) is 12.6. The third kappa shape index (κ3) is 3.50. The van der Waals surface area contributed by atoms with Crippen molar-refractivity contribution in [1.82, 2.24) is 14.5 Å². The molecule has 1 fully saturated rings. The van der Waals surface area contributed by atoms with Crippen molar-refractivity contribution in [1.29, 1.82) is 0 Å². The van der Waals surface area contributed by atoms with E-state index < -0.39 is 0 Å². The van der Waals surface area contributed by atoms with Gasteiger partial charge in [0, 0.05) is 17.6 Å².